The summed E-state index contributed by atoms with van der Waals surface area (Å²) in [6, 6.07) is 7.99. The van der Waals surface area contributed by atoms with E-state index >= 15 is 0 Å². The van der Waals surface area contributed by atoms with E-state index < -0.39 is 0 Å². The zero-order valence-electron chi connectivity index (χ0n) is 9.23. The van der Waals surface area contributed by atoms with Crippen LogP contribution in [-0.4, -0.2) is 12.1 Å². The van der Waals surface area contributed by atoms with E-state index in [0.29, 0.717) is 0 Å². The zero-order valence-corrected chi connectivity index (χ0v) is 9.23. The van der Waals surface area contributed by atoms with Crippen LogP contribution in [0.4, 0.5) is 0 Å². The Morgan fingerprint density at radius 3 is 2.88 bits per heavy atom. The fourth-order valence-corrected chi connectivity index (χ4v) is 2.07. The molecule has 2 aromatic rings. The van der Waals surface area contributed by atoms with E-state index in [4.69, 9.17) is 10.5 Å². The smallest absolute Gasteiger partial charge is 0.119 e. The maximum atomic E-state index is 6.26. The molecule has 0 radical (unpaired) electrons. The van der Waals surface area contributed by atoms with Crippen molar-refractivity contribution in [3.05, 3.63) is 36.0 Å². The molecule has 1 aliphatic carbocycles. The quantitative estimate of drug-likeness (QED) is 0.833. The van der Waals surface area contributed by atoms with Crippen molar-refractivity contribution >= 4 is 10.9 Å². The van der Waals surface area contributed by atoms with E-state index in [1.165, 1.54) is 0 Å². The van der Waals surface area contributed by atoms with Gasteiger partial charge in [0.2, 0.25) is 0 Å². The summed E-state index contributed by atoms with van der Waals surface area (Å²) in [5.74, 6) is 0.854. The molecular weight excluding hydrogens is 200 g/mol. The molecule has 0 saturated heterocycles. The molecule has 3 nitrogen and oxygen atoms in total. The molecule has 1 aliphatic rings. The Labute approximate surface area is 94.2 Å². The fraction of sp³-hybridized carbons (Fsp3) is 0.308. The standard InChI is InChI=1S/C13H14N2O/c1-16-10-7-9-3-2-6-15-12(9)11(8-10)13(14)4-5-13/h2-3,6-8H,4-5,14H2,1H3. The van der Waals surface area contributed by atoms with E-state index in [2.05, 4.69) is 4.98 Å². The Bertz CT molecular complexity index is 547. The van der Waals surface area contributed by atoms with Gasteiger partial charge in [-0.2, -0.15) is 0 Å². The molecule has 1 saturated carbocycles. The number of benzene rings is 1. The first-order valence-corrected chi connectivity index (χ1v) is 5.45. The molecule has 0 spiro atoms. The van der Waals surface area contributed by atoms with Crippen molar-refractivity contribution in [1.82, 2.24) is 4.98 Å². The van der Waals surface area contributed by atoms with Gasteiger partial charge >= 0.3 is 0 Å². The van der Waals surface area contributed by atoms with Gasteiger partial charge in [0.05, 0.1) is 12.6 Å². The third-order valence-corrected chi connectivity index (χ3v) is 3.24. The van der Waals surface area contributed by atoms with Crippen molar-refractivity contribution in [2.75, 3.05) is 7.11 Å². The Kier molecular flexibility index (Phi) is 1.91. The van der Waals surface area contributed by atoms with Crippen LogP contribution in [0, 0.1) is 0 Å². The summed E-state index contributed by atoms with van der Waals surface area (Å²) < 4.78 is 5.30. The van der Waals surface area contributed by atoms with Gasteiger partial charge in [0, 0.05) is 22.7 Å². The van der Waals surface area contributed by atoms with Crippen molar-refractivity contribution in [3.8, 4) is 5.75 Å². The zero-order chi connectivity index (χ0) is 11.2. The Morgan fingerprint density at radius 1 is 1.38 bits per heavy atom. The summed E-state index contributed by atoms with van der Waals surface area (Å²) in [7, 11) is 1.68. The van der Waals surface area contributed by atoms with Gasteiger partial charge in [-0.1, -0.05) is 6.07 Å². The number of pyridine rings is 1. The summed E-state index contributed by atoms with van der Waals surface area (Å²) >= 11 is 0. The number of ether oxygens (including phenoxy) is 1. The van der Waals surface area contributed by atoms with Crippen molar-refractivity contribution in [1.29, 1.82) is 0 Å². The van der Waals surface area contributed by atoms with Crippen LogP contribution in [0.15, 0.2) is 30.5 Å². The van der Waals surface area contributed by atoms with Gasteiger partial charge in [-0.3, -0.25) is 4.98 Å². The molecule has 16 heavy (non-hydrogen) atoms. The molecule has 2 N–H and O–H groups in total. The topological polar surface area (TPSA) is 48.1 Å². The molecule has 1 fully saturated rings. The lowest BCUT2D eigenvalue weighted by atomic mass is 10.0. The molecule has 1 aromatic carbocycles. The number of hydrogen-bond donors (Lipinski definition) is 1. The summed E-state index contributed by atoms with van der Waals surface area (Å²) in [5, 5.41) is 1.09. The monoisotopic (exact) mass is 214 g/mol. The van der Waals surface area contributed by atoms with E-state index in [1.54, 1.807) is 7.11 Å². The molecule has 0 aliphatic heterocycles. The van der Waals surface area contributed by atoms with Gasteiger partial charge in [0.1, 0.15) is 5.75 Å². The van der Waals surface area contributed by atoms with Crippen LogP contribution >= 0.6 is 0 Å². The molecule has 3 rings (SSSR count). The number of nitrogens with zero attached hydrogens (tertiary/aromatic N) is 1. The molecule has 0 atom stereocenters. The second kappa shape index (κ2) is 3.19. The predicted molar refractivity (Wildman–Crippen MR) is 63.4 cm³/mol. The maximum absolute atomic E-state index is 6.26. The van der Waals surface area contributed by atoms with Crippen LogP contribution in [0.1, 0.15) is 18.4 Å². The lowest BCUT2D eigenvalue weighted by Gasteiger charge is -2.13. The number of fused-ring (bicyclic) bond motifs is 1. The van der Waals surface area contributed by atoms with Crippen LogP contribution in [0.2, 0.25) is 0 Å². The highest BCUT2D eigenvalue weighted by Gasteiger charge is 2.41. The van der Waals surface area contributed by atoms with Crippen molar-refractivity contribution in [2.45, 2.75) is 18.4 Å². The maximum Gasteiger partial charge on any atom is 0.119 e. The molecule has 3 heteroatoms. The van der Waals surface area contributed by atoms with Crippen LogP contribution in [0.5, 0.6) is 5.75 Å². The third-order valence-electron chi connectivity index (χ3n) is 3.24. The lowest BCUT2D eigenvalue weighted by Crippen LogP contribution is -2.19. The predicted octanol–water partition coefficient (Wildman–Crippen LogP) is 2.19. The minimum absolute atomic E-state index is 0.179. The van der Waals surface area contributed by atoms with Gasteiger partial charge in [-0.15, -0.1) is 0 Å². The first kappa shape index (κ1) is 9.60. The van der Waals surface area contributed by atoms with Crippen LogP contribution in [0.3, 0.4) is 0 Å². The minimum atomic E-state index is -0.179. The Hall–Kier alpha value is -1.61. The number of hydrogen-bond acceptors (Lipinski definition) is 3. The highest BCUT2D eigenvalue weighted by atomic mass is 16.5. The first-order valence-electron chi connectivity index (χ1n) is 5.45. The number of nitrogens with two attached hydrogens (primary N) is 1. The molecule has 0 bridgehead atoms. The summed E-state index contributed by atoms with van der Waals surface area (Å²) in [6.07, 6.45) is 3.88. The van der Waals surface area contributed by atoms with Gasteiger partial charge in [0.15, 0.2) is 0 Å². The summed E-state index contributed by atoms with van der Waals surface area (Å²) in [4.78, 5) is 4.43. The van der Waals surface area contributed by atoms with Gasteiger partial charge in [-0.25, -0.2) is 0 Å². The fourth-order valence-electron chi connectivity index (χ4n) is 2.07. The highest BCUT2D eigenvalue weighted by Crippen LogP contribution is 2.46. The van der Waals surface area contributed by atoms with E-state index in [9.17, 15) is 0 Å². The van der Waals surface area contributed by atoms with Gasteiger partial charge < -0.3 is 10.5 Å². The van der Waals surface area contributed by atoms with Crippen molar-refractivity contribution in [3.63, 3.8) is 0 Å². The first-order chi connectivity index (χ1) is 7.73. The molecule has 0 unspecified atom stereocenters. The minimum Gasteiger partial charge on any atom is -0.497 e. The van der Waals surface area contributed by atoms with Crippen molar-refractivity contribution < 1.29 is 4.74 Å². The SMILES string of the molecule is COc1cc(C2(N)CC2)c2ncccc2c1. The lowest BCUT2D eigenvalue weighted by molar-refractivity contribution is 0.414. The highest BCUT2D eigenvalue weighted by molar-refractivity contribution is 5.84. The third kappa shape index (κ3) is 1.36. The normalized spacial score (nSPS) is 17.4. The number of aromatic nitrogens is 1. The molecular formula is C13H14N2O. The average Bonchev–Trinajstić information content (AvgIpc) is 3.07. The summed E-state index contributed by atoms with van der Waals surface area (Å²) in [5.41, 5.74) is 8.20. The summed E-state index contributed by atoms with van der Waals surface area (Å²) in [6.45, 7) is 0. The largest absolute Gasteiger partial charge is 0.497 e. The van der Waals surface area contributed by atoms with Crippen LogP contribution < -0.4 is 10.5 Å². The number of methoxy groups -OCH3 is 1. The van der Waals surface area contributed by atoms with E-state index in [1.807, 2.05) is 30.5 Å². The molecule has 1 aromatic heterocycles. The van der Waals surface area contributed by atoms with E-state index in [0.717, 1.165) is 35.1 Å². The van der Waals surface area contributed by atoms with Crippen LogP contribution in [-0.2, 0) is 5.54 Å². The Balaban J connectivity index is 2.31. The number of rotatable bonds is 2. The second-order valence-electron chi connectivity index (χ2n) is 4.41. The molecule has 82 valence electrons. The van der Waals surface area contributed by atoms with Crippen molar-refractivity contribution in [2.24, 2.45) is 5.73 Å². The van der Waals surface area contributed by atoms with Gasteiger partial charge in [-0.05, 0) is 31.0 Å². The average molecular weight is 214 g/mol. The van der Waals surface area contributed by atoms with Crippen LogP contribution in [0.25, 0.3) is 10.9 Å². The van der Waals surface area contributed by atoms with Gasteiger partial charge in [0.25, 0.3) is 0 Å². The Morgan fingerprint density at radius 2 is 2.19 bits per heavy atom. The molecule has 0 amide bonds. The van der Waals surface area contributed by atoms with E-state index in [-0.39, 0.29) is 5.54 Å². The molecule has 1 heterocycles. The second-order valence-corrected chi connectivity index (χ2v) is 4.41.